The molecule has 1 saturated carbocycles. The Morgan fingerprint density at radius 3 is 2.72 bits per heavy atom. The summed E-state index contributed by atoms with van der Waals surface area (Å²) in [6.45, 7) is 5.67. The van der Waals surface area contributed by atoms with Gasteiger partial charge in [-0.3, -0.25) is 5.10 Å². The minimum absolute atomic E-state index is 0.130. The van der Waals surface area contributed by atoms with Crippen molar-refractivity contribution in [2.75, 3.05) is 13.2 Å². The molecular formula is C19H31N3O3. The molecule has 1 aromatic heterocycles. The number of H-pyrrole nitrogens is 1. The Hall–Kier alpha value is -1.56. The van der Waals surface area contributed by atoms with Crippen LogP contribution in [0.4, 0.5) is 4.79 Å². The van der Waals surface area contributed by atoms with E-state index in [9.17, 15) is 9.90 Å². The number of piperidine rings is 1. The summed E-state index contributed by atoms with van der Waals surface area (Å²) >= 11 is 0. The minimum Gasteiger partial charge on any atom is -0.465 e. The fourth-order valence-corrected chi connectivity index (χ4v) is 4.49. The van der Waals surface area contributed by atoms with Crippen LogP contribution in [0.15, 0.2) is 12.3 Å². The zero-order valence-electron chi connectivity index (χ0n) is 15.4. The van der Waals surface area contributed by atoms with Crippen LogP contribution in [-0.4, -0.2) is 51.6 Å². The molecule has 25 heavy (non-hydrogen) atoms. The summed E-state index contributed by atoms with van der Waals surface area (Å²) in [7, 11) is 0. The Morgan fingerprint density at radius 1 is 1.36 bits per heavy atom. The number of rotatable bonds is 5. The molecule has 1 aromatic rings. The van der Waals surface area contributed by atoms with E-state index in [0.29, 0.717) is 13.2 Å². The molecule has 1 aliphatic carbocycles. The number of hydrogen-bond donors (Lipinski definition) is 2. The molecule has 2 atom stereocenters. The number of nitrogens with zero attached hydrogens (tertiary/aromatic N) is 2. The van der Waals surface area contributed by atoms with E-state index < -0.39 is 6.09 Å². The highest BCUT2D eigenvalue weighted by molar-refractivity contribution is 5.65. The standard InChI is InChI=1S/C19H31N3O3/c1-13(2)14-5-7-15(8-6-14)25-12-18-16(17-9-10-20-21-17)4-3-11-22(18)19(23)24/h9-10,13-16,18H,3-8,11-12H2,1-2H3,(H,20,21)(H,23,24)/t14?,15?,16-,18+/m1/s1. The van der Waals surface area contributed by atoms with E-state index in [2.05, 4.69) is 24.0 Å². The summed E-state index contributed by atoms with van der Waals surface area (Å²) in [5.74, 6) is 1.69. The number of amides is 1. The van der Waals surface area contributed by atoms with Gasteiger partial charge < -0.3 is 14.7 Å². The van der Waals surface area contributed by atoms with Crippen LogP contribution in [0.3, 0.4) is 0 Å². The van der Waals surface area contributed by atoms with Gasteiger partial charge in [0.25, 0.3) is 0 Å². The molecule has 0 spiro atoms. The number of aromatic nitrogens is 2. The SMILES string of the molecule is CC(C)C1CCC(OC[C@H]2[C@@H](c3ccn[nH]3)CCCN2C(=O)O)CC1. The van der Waals surface area contributed by atoms with Crippen molar-refractivity contribution in [2.24, 2.45) is 11.8 Å². The number of carbonyl (C=O) groups is 1. The van der Waals surface area contributed by atoms with E-state index in [-0.39, 0.29) is 18.1 Å². The maximum atomic E-state index is 11.7. The second-order valence-corrected chi connectivity index (χ2v) is 7.92. The van der Waals surface area contributed by atoms with Crippen LogP contribution in [0.1, 0.15) is 64.0 Å². The number of nitrogens with one attached hydrogen (secondary N) is 1. The first-order valence-corrected chi connectivity index (χ1v) is 9.66. The maximum Gasteiger partial charge on any atom is 0.407 e. The third kappa shape index (κ3) is 4.35. The van der Waals surface area contributed by atoms with Crippen LogP contribution in [0.5, 0.6) is 0 Å². The molecule has 0 unspecified atom stereocenters. The van der Waals surface area contributed by atoms with Gasteiger partial charge in [0.2, 0.25) is 0 Å². The van der Waals surface area contributed by atoms with Gasteiger partial charge in [0.05, 0.1) is 18.8 Å². The van der Waals surface area contributed by atoms with E-state index in [1.54, 1.807) is 11.1 Å². The van der Waals surface area contributed by atoms with Crippen molar-refractivity contribution >= 4 is 6.09 Å². The number of ether oxygens (including phenoxy) is 1. The maximum absolute atomic E-state index is 11.7. The Balaban J connectivity index is 1.61. The zero-order valence-corrected chi connectivity index (χ0v) is 15.4. The van der Waals surface area contributed by atoms with E-state index in [1.165, 1.54) is 12.8 Å². The largest absolute Gasteiger partial charge is 0.465 e. The quantitative estimate of drug-likeness (QED) is 0.846. The number of likely N-dealkylation sites (tertiary alicyclic amines) is 1. The number of aromatic amines is 1. The second-order valence-electron chi connectivity index (χ2n) is 7.92. The second kappa shape index (κ2) is 8.21. The summed E-state index contributed by atoms with van der Waals surface area (Å²) in [6.07, 6.45) is 7.65. The molecule has 0 radical (unpaired) electrons. The average molecular weight is 349 g/mol. The highest BCUT2D eigenvalue weighted by Crippen LogP contribution is 2.34. The van der Waals surface area contributed by atoms with Crippen molar-refractivity contribution in [3.8, 4) is 0 Å². The fraction of sp³-hybridized carbons (Fsp3) is 0.789. The predicted molar refractivity (Wildman–Crippen MR) is 95.6 cm³/mol. The van der Waals surface area contributed by atoms with Gasteiger partial charge in [0.1, 0.15) is 0 Å². The molecule has 2 fully saturated rings. The van der Waals surface area contributed by atoms with Gasteiger partial charge >= 0.3 is 6.09 Å². The first-order valence-electron chi connectivity index (χ1n) is 9.66. The molecule has 2 heterocycles. The van der Waals surface area contributed by atoms with Crippen molar-refractivity contribution in [3.63, 3.8) is 0 Å². The number of hydrogen-bond acceptors (Lipinski definition) is 3. The average Bonchev–Trinajstić information content (AvgIpc) is 3.14. The lowest BCUT2D eigenvalue weighted by Gasteiger charge is -2.40. The van der Waals surface area contributed by atoms with E-state index >= 15 is 0 Å². The van der Waals surface area contributed by atoms with Crippen LogP contribution in [0, 0.1) is 11.8 Å². The van der Waals surface area contributed by atoms with Crippen LogP contribution >= 0.6 is 0 Å². The van der Waals surface area contributed by atoms with Gasteiger partial charge in [-0.1, -0.05) is 13.8 Å². The fourth-order valence-electron chi connectivity index (χ4n) is 4.49. The molecule has 2 N–H and O–H groups in total. The lowest BCUT2D eigenvalue weighted by atomic mass is 9.80. The molecule has 6 nitrogen and oxygen atoms in total. The van der Waals surface area contributed by atoms with Crippen LogP contribution in [0.25, 0.3) is 0 Å². The number of carboxylic acid groups (broad SMARTS) is 1. The Bertz CT molecular complexity index is 538. The topological polar surface area (TPSA) is 78.5 Å². The van der Waals surface area contributed by atoms with E-state index in [4.69, 9.17) is 4.74 Å². The van der Waals surface area contributed by atoms with Crippen molar-refractivity contribution in [3.05, 3.63) is 18.0 Å². The van der Waals surface area contributed by atoms with E-state index in [0.717, 1.165) is 43.2 Å². The molecule has 3 rings (SSSR count). The third-order valence-electron chi connectivity index (χ3n) is 6.11. The van der Waals surface area contributed by atoms with Crippen LogP contribution in [-0.2, 0) is 4.74 Å². The Morgan fingerprint density at radius 2 is 2.12 bits per heavy atom. The molecule has 1 saturated heterocycles. The summed E-state index contributed by atoms with van der Waals surface area (Å²) in [6, 6.07) is 1.83. The van der Waals surface area contributed by atoms with Crippen molar-refractivity contribution in [1.82, 2.24) is 15.1 Å². The van der Waals surface area contributed by atoms with Gasteiger partial charge in [-0.15, -0.1) is 0 Å². The molecule has 6 heteroatoms. The lowest BCUT2D eigenvalue weighted by molar-refractivity contribution is -0.0284. The van der Waals surface area contributed by atoms with Gasteiger partial charge in [-0.05, 0) is 56.4 Å². The minimum atomic E-state index is -0.846. The molecular weight excluding hydrogens is 318 g/mol. The first-order chi connectivity index (χ1) is 12.1. The van der Waals surface area contributed by atoms with Gasteiger partial charge in [-0.2, -0.15) is 5.10 Å². The normalized spacial score (nSPS) is 30.6. The van der Waals surface area contributed by atoms with Crippen molar-refractivity contribution in [1.29, 1.82) is 0 Å². The molecule has 1 aliphatic heterocycles. The van der Waals surface area contributed by atoms with Crippen LogP contribution < -0.4 is 0 Å². The highest BCUT2D eigenvalue weighted by atomic mass is 16.5. The molecule has 0 aromatic carbocycles. The smallest absolute Gasteiger partial charge is 0.407 e. The summed E-state index contributed by atoms with van der Waals surface area (Å²) < 4.78 is 6.22. The Kier molecular flexibility index (Phi) is 5.99. The van der Waals surface area contributed by atoms with E-state index in [1.807, 2.05) is 6.07 Å². The van der Waals surface area contributed by atoms with Crippen LogP contribution in [0.2, 0.25) is 0 Å². The molecule has 0 bridgehead atoms. The zero-order chi connectivity index (χ0) is 17.8. The van der Waals surface area contributed by atoms with Gasteiger partial charge in [0.15, 0.2) is 0 Å². The Labute approximate surface area is 149 Å². The highest BCUT2D eigenvalue weighted by Gasteiger charge is 2.37. The summed E-state index contributed by atoms with van der Waals surface area (Å²) in [4.78, 5) is 13.3. The van der Waals surface area contributed by atoms with Crippen molar-refractivity contribution < 1.29 is 14.6 Å². The van der Waals surface area contributed by atoms with Crippen molar-refractivity contribution in [2.45, 2.75) is 70.4 Å². The van der Waals surface area contributed by atoms with Gasteiger partial charge in [0, 0.05) is 24.4 Å². The predicted octanol–water partition coefficient (Wildman–Crippen LogP) is 3.87. The molecule has 1 amide bonds. The van der Waals surface area contributed by atoms with Gasteiger partial charge in [-0.25, -0.2) is 4.79 Å². The summed E-state index contributed by atoms with van der Waals surface area (Å²) in [5.41, 5.74) is 1.02. The summed E-state index contributed by atoms with van der Waals surface area (Å²) in [5, 5.41) is 16.7. The monoisotopic (exact) mass is 349 g/mol. The molecule has 2 aliphatic rings. The molecule has 140 valence electrons. The lowest BCUT2D eigenvalue weighted by Crippen LogP contribution is -2.50. The third-order valence-corrected chi connectivity index (χ3v) is 6.11. The first kappa shape index (κ1) is 18.2.